The van der Waals surface area contributed by atoms with E-state index in [4.69, 9.17) is 4.74 Å². The number of benzene rings is 3. The molecule has 0 unspecified atom stereocenters. The Morgan fingerprint density at radius 1 is 1.00 bits per heavy atom. The van der Waals surface area contributed by atoms with Crippen molar-refractivity contribution in [3.63, 3.8) is 0 Å². The highest BCUT2D eigenvalue weighted by molar-refractivity contribution is 7.89. The number of sulfonamides is 1. The van der Waals surface area contributed by atoms with Gasteiger partial charge in [0.2, 0.25) is 15.9 Å². The Morgan fingerprint density at radius 2 is 1.70 bits per heavy atom. The minimum atomic E-state index is -4.04. The van der Waals surface area contributed by atoms with Crippen molar-refractivity contribution in [1.29, 1.82) is 0 Å². The number of methoxy groups -OCH3 is 1. The smallest absolute Gasteiger partial charge is 0.243 e. The molecule has 30 heavy (non-hydrogen) atoms. The third kappa shape index (κ3) is 5.43. The molecule has 3 rings (SSSR count). The maximum atomic E-state index is 13.3. The Hall–Kier alpha value is -3.23. The topological polar surface area (TPSA) is 75.7 Å². The largest absolute Gasteiger partial charge is 0.497 e. The van der Waals surface area contributed by atoms with Crippen molar-refractivity contribution in [2.45, 2.75) is 11.4 Å². The van der Waals surface area contributed by atoms with Gasteiger partial charge in [0.15, 0.2) is 0 Å². The van der Waals surface area contributed by atoms with E-state index in [9.17, 15) is 17.6 Å². The van der Waals surface area contributed by atoms with Crippen molar-refractivity contribution in [2.75, 3.05) is 19.0 Å². The number of hydrogen-bond acceptors (Lipinski definition) is 4. The number of carbonyl (C=O) groups is 1. The maximum absolute atomic E-state index is 13.3. The third-order valence-corrected chi connectivity index (χ3v) is 6.13. The number of anilines is 1. The molecule has 0 aromatic heterocycles. The van der Waals surface area contributed by atoms with Gasteiger partial charge in [-0.05, 0) is 42.0 Å². The summed E-state index contributed by atoms with van der Waals surface area (Å²) in [5.41, 5.74) is 1.20. The molecule has 156 valence electrons. The standard InChI is InChI=1S/C22H21FN2O4S/c1-29-20-9-5-8-19(14-20)24-22(26)16-25(15-17-6-3-2-4-7-17)30(27,28)21-12-10-18(23)11-13-21/h2-14H,15-16H2,1H3,(H,24,26). The van der Waals surface area contributed by atoms with Gasteiger partial charge >= 0.3 is 0 Å². The van der Waals surface area contributed by atoms with Crippen LogP contribution in [0.25, 0.3) is 0 Å². The summed E-state index contributed by atoms with van der Waals surface area (Å²) in [6.07, 6.45) is 0. The SMILES string of the molecule is COc1cccc(NC(=O)CN(Cc2ccccc2)S(=O)(=O)c2ccc(F)cc2)c1. The Kier molecular flexibility index (Phi) is 6.81. The van der Waals surface area contributed by atoms with E-state index in [-0.39, 0.29) is 11.4 Å². The summed E-state index contributed by atoms with van der Waals surface area (Å²) in [5.74, 6) is -0.489. The summed E-state index contributed by atoms with van der Waals surface area (Å²) in [5, 5.41) is 2.68. The molecule has 0 bridgehead atoms. The zero-order chi connectivity index (χ0) is 21.6. The van der Waals surface area contributed by atoms with Gasteiger partial charge in [0.05, 0.1) is 18.6 Å². The second kappa shape index (κ2) is 9.51. The Bertz CT molecular complexity index is 1100. The van der Waals surface area contributed by atoms with Crippen molar-refractivity contribution in [2.24, 2.45) is 0 Å². The fourth-order valence-corrected chi connectivity index (χ4v) is 4.21. The average Bonchev–Trinajstić information content (AvgIpc) is 2.74. The Balaban J connectivity index is 1.85. The number of rotatable bonds is 8. The van der Waals surface area contributed by atoms with E-state index in [2.05, 4.69) is 5.32 Å². The summed E-state index contributed by atoms with van der Waals surface area (Å²) < 4.78 is 45.7. The molecule has 0 aliphatic carbocycles. The van der Waals surface area contributed by atoms with Crippen LogP contribution in [0.15, 0.2) is 83.8 Å². The van der Waals surface area contributed by atoms with E-state index < -0.39 is 28.3 Å². The molecule has 0 spiro atoms. The van der Waals surface area contributed by atoms with Gasteiger partial charge in [-0.25, -0.2) is 12.8 Å². The minimum Gasteiger partial charge on any atom is -0.497 e. The molecule has 0 radical (unpaired) electrons. The molecule has 6 nitrogen and oxygen atoms in total. The van der Waals surface area contributed by atoms with Crippen LogP contribution in [-0.4, -0.2) is 32.3 Å². The van der Waals surface area contributed by atoms with E-state index in [0.29, 0.717) is 11.4 Å². The Labute approximate surface area is 175 Å². The molecule has 1 N–H and O–H groups in total. The summed E-state index contributed by atoms with van der Waals surface area (Å²) >= 11 is 0. The molecular formula is C22H21FN2O4S. The van der Waals surface area contributed by atoms with Gasteiger partial charge in [-0.3, -0.25) is 4.79 Å². The molecule has 0 saturated heterocycles. The fraction of sp³-hybridized carbons (Fsp3) is 0.136. The van der Waals surface area contributed by atoms with Crippen LogP contribution in [0.3, 0.4) is 0 Å². The lowest BCUT2D eigenvalue weighted by molar-refractivity contribution is -0.116. The first-order chi connectivity index (χ1) is 14.4. The monoisotopic (exact) mass is 428 g/mol. The minimum absolute atomic E-state index is 0.00786. The second-order valence-corrected chi connectivity index (χ2v) is 8.43. The van der Waals surface area contributed by atoms with Gasteiger partial charge in [0.25, 0.3) is 0 Å². The third-order valence-electron chi connectivity index (χ3n) is 4.33. The van der Waals surface area contributed by atoms with Gasteiger partial charge in [0, 0.05) is 18.3 Å². The lowest BCUT2D eigenvalue weighted by atomic mass is 10.2. The van der Waals surface area contributed by atoms with Crippen LogP contribution in [0, 0.1) is 5.82 Å². The van der Waals surface area contributed by atoms with Crippen molar-refractivity contribution >= 4 is 21.6 Å². The highest BCUT2D eigenvalue weighted by Gasteiger charge is 2.27. The van der Waals surface area contributed by atoms with Gasteiger partial charge in [-0.2, -0.15) is 4.31 Å². The highest BCUT2D eigenvalue weighted by Crippen LogP contribution is 2.20. The van der Waals surface area contributed by atoms with Gasteiger partial charge in [0.1, 0.15) is 11.6 Å². The van der Waals surface area contributed by atoms with Crippen molar-refractivity contribution in [3.8, 4) is 5.75 Å². The van der Waals surface area contributed by atoms with Crippen LogP contribution in [0.2, 0.25) is 0 Å². The van der Waals surface area contributed by atoms with Crippen molar-refractivity contribution in [1.82, 2.24) is 4.31 Å². The zero-order valence-corrected chi connectivity index (χ0v) is 17.1. The molecular weight excluding hydrogens is 407 g/mol. The summed E-state index contributed by atoms with van der Waals surface area (Å²) in [6, 6.07) is 20.2. The normalized spacial score (nSPS) is 11.3. The predicted molar refractivity (Wildman–Crippen MR) is 112 cm³/mol. The van der Waals surface area contributed by atoms with E-state index in [1.54, 1.807) is 48.5 Å². The lowest BCUT2D eigenvalue weighted by Gasteiger charge is -2.22. The van der Waals surface area contributed by atoms with E-state index >= 15 is 0 Å². The van der Waals surface area contributed by atoms with Crippen LogP contribution in [0.1, 0.15) is 5.56 Å². The van der Waals surface area contributed by atoms with Gasteiger partial charge < -0.3 is 10.1 Å². The molecule has 8 heteroatoms. The number of ether oxygens (including phenoxy) is 1. The quantitative estimate of drug-likeness (QED) is 0.594. The van der Waals surface area contributed by atoms with E-state index in [1.165, 1.54) is 19.2 Å². The molecule has 0 saturated carbocycles. The van der Waals surface area contributed by atoms with Crippen LogP contribution in [0.4, 0.5) is 10.1 Å². The molecule has 0 fully saturated rings. The molecule has 0 aliphatic rings. The zero-order valence-electron chi connectivity index (χ0n) is 16.3. The first-order valence-corrected chi connectivity index (χ1v) is 10.6. The Morgan fingerprint density at radius 3 is 2.37 bits per heavy atom. The number of hydrogen-bond donors (Lipinski definition) is 1. The second-order valence-electron chi connectivity index (χ2n) is 6.49. The van der Waals surface area contributed by atoms with Crippen LogP contribution < -0.4 is 10.1 Å². The van der Waals surface area contributed by atoms with Crippen molar-refractivity contribution in [3.05, 3.63) is 90.2 Å². The van der Waals surface area contributed by atoms with Crippen LogP contribution in [-0.2, 0) is 21.4 Å². The number of amides is 1. The molecule has 3 aromatic rings. The van der Waals surface area contributed by atoms with E-state index in [1.807, 2.05) is 6.07 Å². The summed E-state index contributed by atoms with van der Waals surface area (Å²) in [6.45, 7) is -0.419. The van der Waals surface area contributed by atoms with Crippen LogP contribution in [0.5, 0.6) is 5.75 Å². The fourth-order valence-electron chi connectivity index (χ4n) is 2.83. The predicted octanol–water partition coefficient (Wildman–Crippen LogP) is 3.66. The van der Waals surface area contributed by atoms with Gasteiger partial charge in [-0.1, -0.05) is 36.4 Å². The highest BCUT2D eigenvalue weighted by atomic mass is 32.2. The molecule has 1 amide bonds. The maximum Gasteiger partial charge on any atom is 0.243 e. The molecule has 3 aromatic carbocycles. The van der Waals surface area contributed by atoms with E-state index in [0.717, 1.165) is 22.0 Å². The molecule has 0 atom stereocenters. The van der Waals surface area contributed by atoms with Crippen molar-refractivity contribution < 1.29 is 22.3 Å². The molecule has 0 aliphatic heterocycles. The number of nitrogens with zero attached hydrogens (tertiary/aromatic N) is 1. The summed E-state index contributed by atoms with van der Waals surface area (Å²) in [4.78, 5) is 12.5. The lowest BCUT2D eigenvalue weighted by Crippen LogP contribution is -2.37. The van der Waals surface area contributed by atoms with Crippen LogP contribution >= 0.6 is 0 Å². The van der Waals surface area contributed by atoms with Gasteiger partial charge in [-0.15, -0.1) is 0 Å². The first kappa shape index (κ1) is 21.5. The number of halogens is 1. The summed E-state index contributed by atoms with van der Waals surface area (Å²) in [7, 11) is -2.52. The first-order valence-electron chi connectivity index (χ1n) is 9.12. The molecule has 0 heterocycles. The number of nitrogens with one attached hydrogen (secondary N) is 1. The average molecular weight is 428 g/mol. The number of carbonyl (C=O) groups excluding carboxylic acids is 1.